The van der Waals surface area contributed by atoms with Gasteiger partial charge in [-0.3, -0.25) is 4.79 Å². The summed E-state index contributed by atoms with van der Waals surface area (Å²) in [5.74, 6) is 1.60. The van der Waals surface area contributed by atoms with Crippen LogP contribution in [0.15, 0.2) is 48.5 Å². The summed E-state index contributed by atoms with van der Waals surface area (Å²) in [6.07, 6.45) is 1.61. The van der Waals surface area contributed by atoms with Crippen LogP contribution < -0.4 is 9.47 Å². The number of hydrogen-bond donors (Lipinski definition) is 0. The molecule has 0 saturated heterocycles. The molecule has 0 aliphatic heterocycles. The van der Waals surface area contributed by atoms with Crippen LogP contribution in [0.25, 0.3) is 0 Å². The number of methoxy groups -OCH3 is 1. The number of carbonyl (C=O) groups excluding carboxylic acids is 1. The molecule has 2 rings (SSSR count). The number of benzene rings is 2. The van der Waals surface area contributed by atoms with Gasteiger partial charge in [0.25, 0.3) is 0 Å². The van der Waals surface area contributed by atoms with Crippen molar-refractivity contribution < 1.29 is 19.0 Å². The molecule has 0 N–H and O–H groups in total. The third kappa shape index (κ3) is 4.90. The zero-order valence-electron chi connectivity index (χ0n) is 12.7. The first kappa shape index (κ1) is 16.0. The normalized spacial score (nSPS) is 10.2. The quantitative estimate of drug-likeness (QED) is 0.525. The van der Waals surface area contributed by atoms with Gasteiger partial charge >= 0.3 is 0 Å². The molecule has 0 aliphatic carbocycles. The monoisotopic (exact) mass is 300 g/mol. The molecule has 0 spiro atoms. The maximum absolute atomic E-state index is 10.5. The zero-order valence-corrected chi connectivity index (χ0v) is 12.7. The number of aldehydes is 1. The summed E-state index contributed by atoms with van der Waals surface area (Å²) in [7, 11) is 1.66. The van der Waals surface area contributed by atoms with Crippen molar-refractivity contribution in [1.29, 1.82) is 0 Å². The third-order valence-corrected chi connectivity index (χ3v) is 3.17. The van der Waals surface area contributed by atoms with Crippen molar-refractivity contribution in [3.05, 3.63) is 59.7 Å². The van der Waals surface area contributed by atoms with E-state index in [-0.39, 0.29) is 0 Å². The Morgan fingerprint density at radius 3 is 2.50 bits per heavy atom. The zero-order chi connectivity index (χ0) is 15.6. The molecule has 0 fully saturated rings. The second kappa shape index (κ2) is 8.85. The van der Waals surface area contributed by atoms with Gasteiger partial charge in [0.1, 0.15) is 17.8 Å². The Hall–Kier alpha value is -2.33. The highest BCUT2D eigenvalue weighted by molar-refractivity contribution is 5.74. The highest BCUT2D eigenvalue weighted by Gasteiger charge is 2.01. The lowest BCUT2D eigenvalue weighted by molar-refractivity contribution is 0.105. The molecule has 2 aromatic carbocycles. The van der Waals surface area contributed by atoms with Crippen LogP contribution in [0.1, 0.15) is 22.3 Å². The minimum absolute atomic E-state index is 0.526. The van der Waals surface area contributed by atoms with Crippen molar-refractivity contribution in [2.75, 3.05) is 20.3 Å². The standard InChI is InChI=1S/C18H20O4/c1-20-18-6-3-2-5-16(18)14-21-11-4-12-22-17-9-7-15(13-19)8-10-17/h2-3,5-10,13H,4,11-12,14H2,1H3. The van der Waals surface area contributed by atoms with Gasteiger partial charge < -0.3 is 14.2 Å². The van der Waals surface area contributed by atoms with Gasteiger partial charge in [-0.1, -0.05) is 18.2 Å². The first-order valence-electron chi connectivity index (χ1n) is 7.21. The molecule has 4 nitrogen and oxygen atoms in total. The van der Waals surface area contributed by atoms with Crippen molar-refractivity contribution in [2.45, 2.75) is 13.0 Å². The fourth-order valence-corrected chi connectivity index (χ4v) is 2.00. The van der Waals surface area contributed by atoms with Crippen LogP contribution in [0.2, 0.25) is 0 Å². The Morgan fingerprint density at radius 1 is 1.00 bits per heavy atom. The Labute approximate surface area is 130 Å². The van der Waals surface area contributed by atoms with E-state index in [0.717, 1.165) is 29.8 Å². The van der Waals surface area contributed by atoms with Crippen LogP contribution in [-0.2, 0) is 11.3 Å². The number of para-hydroxylation sites is 1. The largest absolute Gasteiger partial charge is 0.496 e. The van der Waals surface area contributed by atoms with Crippen LogP contribution in [0.5, 0.6) is 11.5 Å². The summed E-state index contributed by atoms with van der Waals surface area (Å²) in [6, 6.07) is 14.9. The molecule has 0 aliphatic rings. The average molecular weight is 300 g/mol. The molecule has 0 atom stereocenters. The maximum Gasteiger partial charge on any atom is 0.150 e. The average Bonchev–Trinajstić information content (AvgIpc) is 2.58. The van der Waals surface area contributed by atoms with Gasteiger partial charge in [-0.15, -0.1) is 0 Å². The van der Waals surface area contributed by atoms with Crippen molar-refractivity contribution in [1.82, 2.24) is 0 Å². The SMILES string of the molecule is COc1ccccc1COCCCOc1ccc(C=O)cc1. The number of ether oxygens (including phenoxy) is 3. The number of rotatable bonds is 9. The second-order valence-corrected chi connectivity index (χ2v) is 4.75. The highest BCUT2D eigenvalue weighted by atomic mass is 16.5. The molecule has 0 saturated carbocycles. The van der Waals surface area contributed by atoms with Gasteiger partial charge in [-0.05, 0) is 30.3 Å². The van der Waals surface area contributed by atoms with Gasteiger partial charge in [0.15, 0.2) is 0 Å². The molecule has 0 heterocycles. The third-order valence-electron chi connectivity index (χ3n) is 3.17. The van der Waals surface area contributed by atoms with Crippen LogP contribution in [0.3, 0.4) is 0 Å². The maximum atomic E-state index is 10.5. The van der Waals surface area contributed by atoms with E-state index in [4.69, 9.17) is 14.2 Å². The van der Waals surface area contributed by atoms with E-state index in [0.29, 0.717) is 25.4 Å². The van der Waals surface area contributed by atoms with E-state index in [2.05, 4.69) is 0 Å². The van der Waals surface area contributed by atoms with Crippen molar-refractivity contribution in [3.63, 3.8) is 0 Å². The summed E-state index contributed by atoms with van der Waals surface area (Å²) >= 11 is 0. The summed E-state index contributed by atoms with van der Waals surface area (Å²) in [5, 5.41) is 0. The van der Waals surface area contributed by atoms with Crippen LogP contribution >= 0.6 is 0 Å². The lowest BCUT2D eigenvalue weighted by Gasteiger charge is -2.09. The van der Waals surface area contributed by atoms with Crippen molar-refractivity contribution in [2.24, 2.45) is 0 Å². The predicted octanol–water partition coefficient (Wildman–Crippen LogP) is 3.49. The Kier molecular flexibility index (Phi) is 6.45. The number of carbonyl (C=O) groups is 1. The smallest absolute Gasteiger partial charge is 0.150 e. The first-order valence-corrected chi connectivity index (χ1v) is 7.21. The molecular formula is C18H20O4. The van der Waals surface area contributed by atoms with E-state index >= 15 is 0 Å². The van der Waals surface area contributed by atoms with Crippen LogP contribution in [-0.4, -0.2) is 26.6 Å². The van der Waals surface area contributed by atoms with Gasteiger partial charge in [0, 0.05) is 17.5 Å². The lowest BCUT2D eigenvalue weighted by atomic mass is 10.2. The highest BCUT2D eigenvalue weighted by Crippen LogP contribution is 2.18. The Balaban J connectivity index is 1.64. The van der Waals surface area contributed by atoms with E-state index in [1.807, 2.05) is 24.3 Å². The Bertz CT molecular complexity index is 578. The molecular weight excluding hydrogens is 280 g/mol. The summed E-state index contributed by atoms with van der Waals surface area (Å²) in [5.41, 5.74) is 1.68. The summed E-state index contributed by atoms with van der Waals surface area (Å²) in [6.45, 7) is 1.72. The fraction of sp³-hybridized carbons (Fsp3) is 0.278. The van der Waals surface area contributed by atoms with Crippen LogP contribution in [0.4, 0.5) is 0 Å². The fourth-order valence-electron chi connectivity index (χ4n) is 2.00. The molecule has 22 heavy (non-hydrogen) atoms. The molecule has 0 unspecified atom stereocenters. The van der Waals surface area contributed by atoms with Crippen molar-refractivity contribution in [3.8, 4) is 11.5 Å². The van der Waals surface area contributed by atoms with E-state index in [9.17, 15) is 4.79 Å². The Morgan fingerprint density at radius 2 is 1.77 bits per heavy atom. The molecule has 116 valence electrons. The summed E-state index contributed by atoms with van der Waals surface area (Å²) in [4.78, 5) is 10.5. The molecule has 4 heteroatoms. The molecule has 0 amide bonds. The topological polar surface area (TPSA) is 44.8 Å². The van der Waals surface area contributed by atoms with Gasteiger partial charge in [-0.25, -0.2) is 0 Å². The minimum atomic E-state index is 0.526. The van der Waals surface area contributed by atoms with Gasteiger partial charge in [-0.2, -0.15) is 0 Å². The van der Waals surface area contributed by atoms with Gasteiger partial charge in [0.2, 0.25) is 0 Å². The van der Waals surface area contributed by atoms with Crippen molar-refractivity contribution >= 4 is 6.29 Å². The number of hydrogen-bond acceptors (Lipinski definition) is 4. The van der Waals surface area contributed by atoms with E-state index < -0.39 is 0 Å². The minimum Gasteiger partial charge on any atom is -0.496 e. The predicted molar refractivity (Wildman–Crippen MR) is 84.6 cm³/mol. The second-order valence-electron chi connectivity index (χ2n) is 4.75. The molecule has 0 radical (unpaired) electrons. The van der Waals surface area contributed by atoms with E-state index in [1.165, 1.54) is 0 Å². The van der Waals surface area contributed by atoms with Crippen LogP contribution in [0, 0.1) is 0 Å². The van der Waals surface area contributed by atoms with E-state index in [1.54, 1.807) is 31.4 Å². The first-order chi connectivity index (χ1) is 10.8. The molecule has 0 bridgehead atoms. The molecule has 2 aromatic rings. The molecule has 0 aromatic heterocycles. The lowest BCUT2D eigenvalue weighted by Crippen LogP contribution is -2.04. The van der Waals surface area contributed by atoms with Gasteiger partial charge in [0.05, 0.1) is 26.9 Å². The summed E-state index contributed by atoms with van der Waals surface area (Å²) < 4.78 is 16.5.